The van der Waals surface area contributed by atoms with Gasteiger partial charge in [0, 0.05) is 24.9 Å². The average Bonchev–Trinajstić information content (AvgIpc) is 2.48. The number of phenols is 1. The van der Waals surface area contributed by atoms with Gasteiger partial charge in [0.15, 0.2) is 0 Å². The number of rotatable bonds is 3. The third kappa shape index (κ3) is 2.78. The van der Waals surface area contributed by atoms with E-state index in [1.54, 1.807) is 6.07 Å². The van der Waals surface area contributed by atoms with E-state index in [1.165, 1.54) is 17.5 Å². The zero-order chi connectivity index (χ0) is 14.8. The third-order valence-corrected chi connectivity index (χ3v) is 5.14. The number of hydrogen-bond donors (Lipinski definition) is 1. The van der Waals surface area contributed by atoms with Crippen LogP contribution in [0.2, 0.25) is 0 Å². The number of benzene rings is 1. The first-order chi connectivity index (χ1) is 10.2. The van der Waals surface area contributed by atoms with E-state index in [0.29, 0.717) is 30.0 Å². The number of aromatic hydroxyl groups is 1. The van der Waals surface area contributed by atoms with Crippen LogP contribution in [0, 0.1) is 17.2 Å². The summed E-state index contributed by atoms with van der Waals surface area (Å²) in [6.45, 7) is 4.42. The van der Waals surface area contributed by atoms with E-state index in [0.717, 1.165) is 32.4 Å². The predicted molar refractivity (Wildman–Crippen MR) is 83.2 cm³/mol. The van der Waals surface area contributed by atoms with Crippen LogP contribution in [-0.2, 0) is 6.42 Å². The Balaban J connectivity index is 1.92. The van der Waals surface area contributed by atoms with E-state index in [2.05, 4.69) is 24.0 Å². The van der Waals surface area contributed by atoms with Gasteiger partial charge in [0.1, 0.15) is 5.75 Å². The van der Waals surface area contributed by atoms with Gasteiger partial charge in [-0.3, -0.25) is 4.90 Å². The molecule has 0 amide bonds. The van der Waals surface area contributed by atoms with Crippen molar-refractivity contribution in [2.24, 2.45) is 5.92 Å². The van der Waals surface area contributed by atoms with Crippen LogP contribution in [0.25, 0.3) is 0 Å². The van der Waals surface area contributed by atoms with Gasteiger partial charge in [-0.2, -0.15) is 5.26 Å². The van der Waals surface area contributed by atoms with E-state index < -0.39 is 0 Å². The summed E-state index contributed by atoms with van der Waals surface area (Å²) < 4.78 is 0. The highest BCUT2D eigenvalue weighted by atomic mass is 16.3. The first kappa shape index (κ1) is 14.4. The molecular formula is C18H24N2O. The summed E-state index contributed by atoms with van der Waals surface area (Å²) in [5.74, 6) is 1.33. The quantitative estimate of drug-likeness (QED) is 0.925. The molecular weight excluding hydrogens is 260 g/mol. The number of nitrogens with zero attached hydrogens (tertiary/aromatic N) is 2. The van der Waals surface area contributed by atoms with Gasteiger partial charge >= 0.3 is 0 Å². The SMILES string of the molecule is CCCN1C[C@H](CC#N)C[C@@H]2c3cc(O)ccc3CC[C@H]21. The molecule has 3 atom stereocenters. The van der Waals surface area contributed by atoms with E-state index in [4.69, 9.17) is 5.26 Å². The van der Waals surface area contributed by atoms with Crippen LogP contribution < -0.4 is 0 Å². The van der Waals surface area contributed by atoms with E-state index in [1.807, 2.05) is 6.07 Å². The van der Waals surface area contributed by atoms with E-state index in [-0.39, 0.29) is 0 Å². The summed E-state index contributed by atoms with van der Waals surface area (Å²) in [6, 6.07) is 8.80. The van der Waals surface area contributed by atoms with Crippen molar-refractivity contribution in [2.75, 3.05) is 13.1 Å². The summed E-state index contributed by atoms with van der Waals surface area (Å²) >= 11 is 0. The van der Waals surface area contributed by atoms with Crippen LogP contribution in [0.5, 0.6) is 5.75 Å². The summed E-state index contributed by atoms with van der Waals surface area (Å²) in [6.07, 6.45) is 5.23. The van der Waals surface area contributed by atoms with Gasteiger partial charge in [0.05, 0.1) is 6.07 Å². The predicted octanol–water partition coefficient (Wildman–Crippen LogP) is 3.44. The molecule has 1 saturated heterocycles. The Kier molecular flexibility index (Phi) is 4.17. The molecule has 0 unspecified atom stereocenters. The van der Waals surface area contributed by atoms with Crippen LogP contribution in [-0.4, -0.2) is 29.1 Å². The first-order valence-electron chi connectivity index (χ1n) is 8.15. The van der Waals surface area contributed by atoms with Crippen molar-refractivity contribution in [2.45, 2.75) is 51.0 Å². The van der Waals surface area contributed by atoms with Crippen molar-refractivity contribution in [3.63, 3.8) is 0 Å². The number of hydrogen-bond acceptors (Lipinski definition) is 3. The van der Waals surface area contributed by atoms with Crippen molar-refractivity contribution in [1.82, 2.24) is 4.90 Å². The Hall–Kier alpha value is -1.53. The minimum atomic E-state index is 0.374. The summed E-state index contributed by atoms with van der Waals surface area (Å²) in [7, 11) is 0. The van der Waals surface area contributed by atoms with E-state index >= 15 is 0 Å². The van der Waals surface area contributed by atoms with Crippen molar-refractivity contribution in [3.8, 4) is 11.8 Å². The molecule has 1 fully saturated rings. The highest BCUT2D eigenvalue weighted by Crippen LogP contribution is 2.44. The van der Waals surface area contributed by atoms with Gasteiger partial charge in [-0.1, -0.05) is 13.0 Å². The molecule has 0 saturated carbocycles. The molecule has 0 radical (unpaired) electrons. The number of phenolic OH excluding ortho intramolecular Hbond substituents is 1. The lowest BCUT2D eigenvalue weighted by atomic mass is 9.71. The second-order valence-corrected chi connectivity index (χ2v) is 6.55. The lowest BCUT2D eigenvalue weighted by Crippen LogP contribution is -2.49. The standard InChI is InChI=1S/C18H24N2O/c1-2-9-20-12-13(7-8-19)10-17-16-11-15(21)5-3-14(16)4-6-18(17)20/h3,5,11,13,17-18,21H,2,4,6-7,9-10,12H2,1H3/t13-,17-,18-/m1/s1. The molecule has 21 heavy (non-hydrogen) atoms. The van der Waals surface area contributed by atoms with Crippen molar-refractivity contribution in [3.05, 3.63) is 29.3 Å². The minimum Gasteiger partial charge on any atom is -0.508 e. The Bertz CT molecular complexity index is 549. The fraction of sp³-hybridized carbons (Fsp3) is 0.611. The first-order valence-corrected chi connectivity index (χ1v) is 8.15. The summed E-state index contributed by atoms with van der Waals surface area (Å²) in [5, 5.41) is 18.9. The molecule has 0 bridgehead atoms. The number of nitriles is 1. The number of aryl methyl sites for hydroxylation is 1. The highest BCUT2D eigenvalue weighted by Gasteiger charge is 2.39. The molecule has 1 aromatic carbocycles. The molecule has 3 rings (SSSR count). The summed E-state index contributed by atoms with van der Waals surface area (Å²) in [4.78, 5) is 2.60. The number of fused-ring (bicyclic) bond motifs is 3. The van der Waals surface area contributed by atoms with Crippen LogP contribution >= 0.6 is 0 Å². The summed E-state index contributed by atoms with van der Waals surface area (Å²) in [5.41, 5.74) is 2.72. The fourth-order valence-corrected chi connectivity index (χ4v) is 4.31. The minimum absolute atomic E-state index is 0.374. The molecule has 0 aromatic heterocycles. The Labute approximate surface area is 127 Å². The largest absolute Gasteiger partial charge is 0.508 e. The maximum absolute atomic E-state index is 9.85. The monoisotopic (exact) mass is 284 g/mol. The maximum Gasteiger partial charge on any atom is 0.115 e. The van der Waals surface area contributed by atoms with Gasteiger partial charge in [-0.05, 0) is 61.4 Å². The Morgan fingerprint density at radius 3 is 3.05 bits per heavy atom. The normalized spacial score (nSPS) is 28.5. The molecule has 0 spiro atoms. The zero-order valence-corrected chi connectivity index (χ0v) is 12.8. The lowest BCUT2D eigenvalue weighted by molar-refractivity contribution is 0.0766. The Morgan fingerprint density at radius 2 is 2.29 bits per heavy atom. The molecule has 112 valence electrons. The maximum atomic E-state index is 9.85. The van der Waals surface area contributed by atoms with Crippen LogP contribution in [0.1, 0.15) is 49.7 Å². The molecule has 1 N–H and O–H groups in total. The molecule has 2 aliphatic rings. The van der Waals surface area contributed by atoms with Gasteiger partial charge < -0.3 is 5.11 Å². The molecule has 1 aliphatic carbocycles. The second-order valence-electron chi connectivity index (χ2n) is 6.55. The fourth-order valence-electron chi connectivity index (χ4n) is 4.31. The van der Waals surface area contributed by atoms with E-state index in [9.17, 15) is 5.11 Å². The molecule has 3 nitrogen and oxygen atoms in total. The Morgan fingerprint density at radius 1 is 1.43 bits per heavy atom. The lowest BCUT2D eigenvalue weighted by Gasteiger charge is -2.47. The van der Waals surface area contributed by atoms with Crippen LogP contribution in [0.15, 0.2) is 18.2 Å². The molecule has 1 aliphatic heterocycles. The molecule has 1 heterocycles. The average molecular weight is 284 g/mol. The van der Waals surface area contributed by atoms with Crippen molar-refractivity contribution >= 4 is 0 Å². The molecule has 1 aromatic rings. The van der Waals surface area contributed by atoms with Crippen molar-refractivity contribution < 1.29 is 5.11 Å². The third-order valence-electron chi connectivity index (χ3n) is 5.14. The van der Waals surface area contributed by atoms with Gasteiger partial charge in [-0.15, -0.1) is 0 Å². The van der Waals surface area contributed by atoms with Gasteiger partial charge in [-0.25, -0.2) is 0 Å². The second kappa shape index (κ2) is 6.07. The highest BCUT2D eigenvalue weighted by molar-refractivity contribution is 5.40. The van der Waals surface area contributed by atoms with Crippen molar-refractivity contribution in [1.29, 1.82) is 5.26 Å². The van der Waals surface area contributed by atoms with Gasteiger partial charge in [0.2, 0.25) is 0 Å². The number of piperidine rings is 1. The number of likely N-dealkylation sites (tertiary alicyclic amines) is 1. The molecule has 3 heteroatoms. The smallest absolute Gasteiger partial charge is 0.115 e. The topological polar surface area (TPSA) is 47.3 Å². The zero-order valence-electron chi connectivity index (χ0n) is 12.8. The van der Waals surface area contributed by atoms with Crippen LogP contribution in [0.3, 0.4) is 0 Å². The van der Waals surface area contributed by atoms with Gasteiger partial charge in [0.25, 0.3) is 0 Å². The van der Waals surface area contributed by atoms with Crippen LogP contribution in [0.4, 0.5) is 0 Å².